The highest BCUT2D eigenvalue weighted by atomic mass is 32.2. The number of alkyl halides is 3. The maximum atomic E-state index is 14.5. The summed E-state index contributed by atoms with van der Waals surface area (Å²) in [5.74, 6) is -5.83. The monoisotopic (exact) mass is 490 g/mol. The van der Waals surface area contributed by atoms with Crippen molar-refractivity contribution in [1.29, 1.82) is 0 Å². The zero-order valence-corrected chi connectivity index (χ0v) is 18.8. The third-order valence-electron chi connectivity index (χ3n) is 6.36. The van der Waals surface area contributed by atoms with Crippen molar-refractivity contribution in [3.8, 4) is 5.75 Å². The SMILES string of the molecule is COc1c([C@H]2[C@H](c3nc4cc(SC)c(F)cc4[nH]3)O[C@@](C)(C(F)(F)F)[C@H]2C)ccc(F)c1F. The number of H-pyrrole nitrogens is 1. The summed E-state index contributed by atoms with van der Waals surface area (Å²) in [6.45, 7) is 2.23. The highest BCUT2D eigenvalue weighted by molar-refractivity contribution is 7.98. The molecule has 33 heavy (non-hydrogen) atoms. The second-order valence-corrected chi connectivity index (χ2v) is 8.92. The molecular weight excluding hydrogens is 470 g/mol. The molecule has 2 aromatic carbocycles. The summed E-state index contributed by atoms with van der Waals surface area (Å²) in [4.78, 5) is 7.52. The summed E-state index contributed by atoms with van der Waals surface area (Å²) in [5, 5.41) is 0. The van der Waals surface area contributed by atoms with Crippen molar-refractivity contribution in [2.45, 2.75) is 42.5 Å². The Labute approximate surface area is 189 Å². The van der Waals surface area contributed by atoms with Crippen LogP contribution in [0.2, 0.25) is 0 Å². The van der Waals surface area contributed by atoms with Crippen LogP contribution >= 0.6 is 11.8 Å². The van der Waals surface area contributed by atoms with Crippen molar-refractivity contribution < 1.29 is 35.8 Å². The van der Waals surface area contributed by atoms with Gasteiger partial charge in [-0.25, -0.2) is 13.8 Å². The van der Waals surface area contributed by atoms with Crippen LogP contribution in [-0.4, -0.2) is 35.1 Å². The third kappa shape index (κ3) is 3.65. The normalized spacial score (nSPS) is 25.7. The number of methoxy groups -OCH3 is 1. The molecule has 0 spiro atoms. The quantitative estimate of drug-likeness (QED) is 0.334. The summed E-state index contributed by atoms with van der Waals surface area (Å²) >= 11 is 1.16. The predicted molar refractivity (Wildman–Crippen MR) is 111 cm³/mol. The minimum absolute atomic E-state index is 0.0123. The van der Waals surface area contributed by atoms with Gasteiger partial charge in [-0.05, 0) is 25.3 Å². The maximum Gasteiger partial charge on any atom is 0.417 e. The van der Waals surface area contributed by atoms with Crippen LogP contribution in [0.5, 0.6) is 5.75 Å². The minimum atomic E-state index is -4.77. The smallest absolute Gasteiger partial charge is 0.417 e. The van der Waals surface area contributed by atoms with E-state index in [4.69, 9.17) is 9.47 Å². The maximum absolute atomic E-state index is 14.5. The number of aromatic amines is 1. The van der Waals surface area contributed by atoms with E-state index in [-0.39, 0.29) is 16.9 Å². The van der Waals surface area contributed by atoms with E-state index in [9.17, 15) is 26.3 Å². The lowest BCUT2D eigenvalue weighted by atomic mass is 9.77. The molecule has 0 unspecified atom stereocenters. The summed E-state index contributed by atoms with van der Waals surface area (Å²) in [7, 11) is 1.10. The van der Waals surface area contributed by atoms with Crippen LogP contribution in [0.4, 0.5) is 26.3 Å². The topological polar surface area (TPSA) is 47.1 Å². The van der Waals surface area contributed by atoms with Crippen LogP contribution in [0.1, 0.15) is 37.3 Å². The first-order chi connectivity index (χ1) is 15.4. The zero-order valence-electron chi connectivity index (χ0n) is 18.0. The first-order valence-electron chi connectivity index (χ1n) is 9.92. The molecule has 1 aromatic heterocycles. The molecule has 2 heterocycles. The third-order valence-corrected chi connectivity index (χ3v) is 7.11. The lowest BCUT2D eigenvalue weighted by Gasteiger charge is -2.32. The molecule has 178 valence electrons. The molecule has 0 radical (unpaired) electrons. The van der Waals surface area contributed by atoms with E-state index in [0.29, 0.717) is 10.4 Å². The van der Waals surface area contributed by atoms with Crippen molar-refractivity contribution >= 4 is 22.8 Å². The second kappa shape index (κ2) is 8.12. The number of nitrogens with one attached hydrogen (secondary N) is 1. The fraction of sp³-hybridized carbons (Fsp3) is 0.409. The van der Waals surface area contributed by atoms with Gasteiger partial charge in [-0.1, -0.05) is 13.0 Å². The molecule has 11 heteroatoms. The summed E-state index contributed by atoms with van der Waals surface area (Å²) < 4.78 is 95.4. The van der Waals surface area contributed by atoms with E-state index in [1.165, 1.54) is 25.1 Å². The Balaban J connectivity index is 1.92. The molecule has 0 amide bonds. The molecule has 1 N–H and O–H groups in total. The van der Waals surface area contributed by atoms with Crippen LogP contribution in [0.25, 0.3) is 11.0 Å². The molecule has 1 aliphatic heterocycles. The van der Waals surface area contributed by atoms with Gasteiger partial charge in [0.15, 0.2) is 17.2 Å². The van der Waals surface area contributed by atoms with Crippen molar-refractivity contribution in [3.63, 3.8) is 0 Å². The Hall–Kier alpha value is -2.40. The molecule has 0 saturated carbocycles. The van der Waals surface area contributed by atoms with Crippen LogP contribution in [-0.2, 0) is 4.74 Å². The highest BCUT2D eigenvalue weighted by Crippen LogP contribution is 2.59. The molecule has 3 aromatic rings. The molecular formula is C22H20F6N2O2S. The van der Waals surface area contributed by atoms with Gasteiger partial charge < -0.3 is 14.5 Å². The number of thioether (sulfide) groups is 1. The van der Waals surface area contributed by atoms with Crippen LogP contribution in [0.15, 0.2) is 29.2 Å². The summed E-state index contributed by atoms with van der Waals surface area (Å²) in [6.07, 6.45) is -4.41. The minimum Gasteiger partial charge on any atom is -0.493 e. The lowest BCUT2D eigenvalue weighted by Crippen LogP contribution is -2.46. The van der Waals surface area contributed by atoms with Gasteiger partial charge in [0, 0.05) is 28.4 Å². The first-order valence-corrected chi connectivity index (χ1v) is 11.1. The van der Waals surface area contributed by atoms with E-state index in [1.54, 1.807) is 6.26 Å². The second-order valence-electron chi connectivity index (χ2n) is 8.07. The molecule has 4 rings (SSSR count). The van der Waals surface area contributed by atoms with Gasteiger partial charge in [-0.3, -0.25) is 0 Å². The van der Waals surface area contributed by atoms with Crippen molar-refractivity contribution in [2.24, 2.45) is 5.92 Å². The number of imidazole rings is 1. The Morgan fingerprint density at radius 3 is 2.45 bits per heavy atom. The molecule has 1 saturated heterocycles. The number of hydrogen-bond acceptors (Lipinski definition) is 4. The van der Waals surface area contributed by atoms with Gasteiger partial charge in [-0.2, -0.15) is 17.6 Å². The molecule has 1 fully saturated rings. The molecule has 1 aliphatic rings. The van der Waals surface area contributed by atoms with Crippen molar-refractivity contribution in [2.75, 3.05) is 13.4 Å². The number of benzene rings is 2. The van der Waals surface area contributed by atoms with Gasteiger partial charge in [0.25, 0.3) is 0 Å². The van der Waals surface area contributed by atoms with Gasteiger partial charge in [-0.15, -0.1) is 11.8 Å². The van der Waals surface area contributed by atoms with Gasteiger partial charge >= 0.3 is 6.18 Å². The number of rotatable bonds is 4. The number of fused-ring (bicyclic) bond motifs is 1. The van der Waals surface area contributed by atoms with Crippen molar-refractivity contribution in [1.82, 2.24) is 9.97 Å². The molecule has 4 nitrogen and oxygen atoms in total. The Kier molecular flexibility index (Phi) is 5.84. The van der Waals surface area contributed by atoms with Gasteiger partial charge in [0.2, 0.25) is 5.82 Å². The lowest BCUT2D eigenvalue weighted by molar-refractivity contribution is -0.275. The van der Waals surface area contributed by atoms with E-state index < -0.39 is 52.9 Å². The van der Waals surface area contributed by atoms with E-state index in [0.717, 1.165) is 31.9 Å². The Morgan fingerprint density at radius 2 is 1.85 bits per heavy atom. The Morgan fingerprint density at radius 1 is 1.15 bits per heavy atom. The van der Waals surface area contributed by atoms with Crippen LogP contribution in [0, 0.1) is 23.4 Å². The number of nitrogens with zero attached hydrogens (tertiary/aromatic N) is 1. The molecule has 0 bridgehead atoms. The number of aromatic nitrogens is 2. The fourth-order valence-electron chi connectivity index (χ4n) is 4.37. The van der Waals surface area contributed by atoms with Gasteiger partial charge in [0.1, 0.15) is 17.7 Å². The molecule has 4 atom stereocenters. The average Bonchev–Trinajstić information content (AvgIpc) is 3.28. The number of ether oxygens (including phenoxy) is 2. The largest absolute Gasteiger partial charge is 0.493 e. The molecule has 0 aliphatic carbocycles. The van der Waals surface area contributed by atoms with Gasteiger partial charge in [0.05, 0.1) is 18.1 Å². The number of halogens is 6. The first kappa shape index (κ1) is 23.7. The fourth-order valence-corrected chi connectivity index (χ4v) is 4.85. The summed E-state index contributed by atoms with van der Waals surface area (Å²) in [5.41, 5.74) is -2.00. The Bertz CT molecular complexity index is 1210. The van der Waals surface area contributed by atoms with Crippen LogP contribution < -0.4 is 4.74 Å². The average molecular weight is 490 g/mol. The summed E-state index contributed by atoms with van der Waals surface area (Å²) in [6, 6.07) is 4.69. The van der Waals surface area contributed by atoms with E-state index in [1.807, 2.05) is 0 Å². The number of hydrogen-bond donors (Lipinski definition) is 1. The van der Waals surface area contributed by atoms with E-state index >= 15 is 0 Å². The highest BCUT2D eigenvalue weighted by Gasteiger charge is 2.65. The van der Waals surface area contributed by atoms with E-state index in [2.05, 4.69) is 9.97 Å². The predicted octanol–water partition coefficient (Wildman–Crippen LogP) is 6.52. The van der Waals surface area contributed by atoms with Crippen molar-refractivity contribution in [3.05, 3.63) is 53.1 Å². The zero-order chi connectivity index (χ0) is 24.3. The standard InChI is InChI=1S/C22H20F6N2O2S/c1-9-16(10-5-6-11(23)17(25)18(10)31-3)19(32-21(9,2)22(26,27)28)20-29-13-7-12(24)15(33-4)8-14(13)30-20/h5-9,16,19H,1-4H3,(H,29,30)/t9-,16-,19+,21+/m0/s1. The van der Waals surface area contributed by atoms with Crippen LogP contribution in [0.3, 0.4) is 0 Å².